The van der Waals surface area contributed by atoms with Crippen molar-refractivity contribution in [2.75, 3.05) is 7.11 Å². The maximum atomic E-state index is 10.9. The zero-order chi connectivity index (χ0) is 19.7. The summed E-state index contributed by atoms with van der Waals surface area (Å²) in [6, 6.07) is 10.4. The highest BCUT2D eigenvalue weighted by molar-refractivity contribution is 5.81. The summed E-state index contributed by atoms with van der Waals surface area (Å²) in [4.78, 5) is 22.2. The summed E-state index contributed by atoms with van der Waals surface area (Å²) in [7, 11) is 1.63. The molecule has 0 aliphatic carbocycles. The third-order valence-corrected chi connectivity index (χ3v) is 4.32. The van der Waals surface area contributed by atoms with Crippen molar-refractivity contribution in [1.82, 2.24) is 19.5 Å². The molecule has 2 heterocycles. The van der Waals surface area contributed by atoms with Gasteiger partial charge in [-0.05, 0) is 36.8 Å². The average molecular weight is 375 g/mol. The van der Waals surface area contributed by atoms with Gasteiger partial charge >= 0.3 is 0 Å². The molecule has 0 amide bonds. The summed E-state index contributed by atoms with van der Waals surface area (Å²) in [5.74, 6) is 1.34. The van der Waals surface area contributed by atoms with Gasteiger partial charge in [-0.15, -0.1) is 0 Å². The van der Waals surface area contributed by atoms with Gasteiger partial charge in [0.1, 0.15) is 11.6 Å². The van der Waals surface area contributed by atoms with Crippen LogP contribution in [-0.2, 0) is 0 Å². The number of ether oxygens (including phenoxy) is 1. The number of aryl methyl sites for hydroxylation is 1. The van der Waals surface area contributed by atoms with E-state index in [1.54, 1.807) is 19.5 Å². The molecule has 0 aliphatic heterocycles. The lowest BCUT2D eigenvalue weighted by atomic mass is 10.1. The van der Waals surface area contributed by atoms with E-state index in [9.17, 15) is 10.1 Å². The van der Waals surface area contributed by atoms with Crippen molar-refractivity contribution in [3.05, 3.63) is 76.1 Å². The number of nitro benzene ring substituents is 1. The predicted octanol–water partition coefficient (Wildman–Crippen LogP) is 4.14. The number of benzene rings is 2. The van der Waals surface area contributed by atoms with E-state index in [4.69, 9.17) is 4.74 Å². The van der Waals surface area contributed by atoms with E-state index in [2.05, 4.69) is 15.0 Å². The number of aromatic nitrogens is 4. The number of non-ortho nitro benzene ring substituents is 1. The Labute approximate surface area is 160 Å². The van der Waals surface area contributed by atoms with E-state index in [1.165, 1.54) is 12.1 Å². The normalized spacial score (nSPS) is 11.4. The van der Waals surface area contributed by atoms with Gasteiger partial charge in [-0.1, -0.05) is 12.1 Å². The van der Waals surface area contributed by atoms with Gasteiger partial charge in [0.15, 0.2) is 0 Å². The van der Waals surface area contributed by atoms with Crippen molar-refractivity contribution in [3.8, 4) is 11.4 Å². The topological polar surface area (TPSA) is 98.9 Å². The Bertz CT molecular complexity index is 1210. The largest absolute Gasteiger partial charge is 0.495 e. The number of hydrogen-bond acceptors (Lipinski definition) is 5. The maximum Gasteiger partial charge on any atom is 0.271 e. The molecular weight excluding hydrogens is 358 g/mol. The molecule has 0 unspecified atom stereocenters. The number of nitrogens with one attached hydrogen (secondary N) is 1. The van der Waals surface area contributed by atoms with Crippen LogP contribution in [0.5, 0.6) is 5.75 Å². The SMILES string of the molecule is COc1cc(/C=C/c2nc3ccc([N+](=O)[O-])cc3[nH]2)ccc1-n1cnc(C)c1. The molecule has 0 bridgehead atoms. The lowest BCUT2D eigenvalue weighted by Crippen LogP contribution is -1.95. The van der Waals surface area contributed by atoms with Gasteiger partial charge in [-0.2, -0.15) is 0 Å². The van der Waals surface area contributed by atoms with E-state index in [1.807, 2.05) is 48.0 Å². The van der Waals surface area contributed by atoms with Crippen molar-refractivity contribution in [2.24, 2.45) is 0 Å². The molecule has 2 aromatic carbocycles. The Morgan fingerprint density at radius 2 is 2.07 bits per heavy atom. The first kappa shape index (κ1) is 17.5. The molecule has 8 nitrogen and oxygen atoms in total. The molecule has 0 spiro atoms. The number of aromatic amines is 1. The van der Waals surface area contributed by atoms with E-state index in [0.29, 0.717) is 16.9 Å². The lowest BCUT2D eigenvalue weighted by Gasteiger charge is -2.09. The molecule has 0 saturated carbocycles. The van der Waals surface area contributed by atoms with Crippen molar-refractivity contribution in [1.29, 1.82) is 0 Å². The summed E-state index contributed by atoms with van der Waals surface area (Å²) in [5.41, 5.74) is 4.09. The molecule has 28 heavy (non-hydrogen) atoms. The molecule has 0 atom stereocenters. The molecule has 0 saturated heterocycles. The van der Waals surface area contributed by atoms with Gasteiger partial charge in [0, 0.05) is 18.3 Å². The zero-order valence-electron chi connectivity index (χ0n) is 15.3. The Morgan fingerprint density at radius 3 is 2.79 bits per heavy atom. The second kappa shape index (κ2) is 6.99. The van der Waals surface area contributed by atoms with Crippen LogP contribution in [-0.4, -0.2) is 31.6 Å². The number of rotatable bonds is 5. The Kier molecular flexibility index (Phi) is 4.36. The lowest BCUT2D eigenvalue weighted by molar-refractivity contribution is -0.384. The van der Waals surface area contributed by atoms with Crippen molar-refractivity contribution in [2.45, 2.75) is 6.92 Å². The van der Waals surface area contributed by atoms with Crippen molar-refractivity contribution >= 4 is 28.9 Å². The summed E-state index contributed by atoms with van der Waals surface area (Å²) in [5, 5.41) is 10.9. The number of H-pyrrole nitrogens is 1. The minimum atomic E-state index is -0.425. The van der Waals surface area contributed by atoms with Crippen LogP contribution in [0.3, 0.4) is 0 Å². The summed E-state index contributed by atoms with van der Waals surface area (Å²) >= 11 is 0. The average Bonchev–Trinajstić information content (AvgIpc) is 3.31. The minimum absolute atomic E-state index is 0.0294. The maximum absolute atomic E-state index is 10.9. The van der Waals surface area contributed by atoms with E-state index in [-0.39, 0.29) is 5.69 Å². The predicted molar refractivity (Wildman–Crippen MR) is 107 cm³/mol. The van der Waals surface area contributed by atoms with Crippen LogP contribution in [0.25, 0.3) is 28.9 Å². The zero-order valence-corrected chi connectivity index (χ0v) is 15.3. The number of methoxy groups -OCH3 is 1. The van der Waals surface area contributed by atoms with Crippen molar-refractivity contribution < 1.29 is 9.66 Å². The number of imidazole rings is 2. The number of nitro groups is 1. The fraction of sp³-hybridized carbons (Fsp3) is 0.100. The van der Waals surface area contributed by atoms with Gasteiger partial charge < -0.3 is 14.3 Å². The molecule has 140 valence electrons. The van der Waals surface area contributed by atoms with Crippen LogP contribution in [0, 0.1) is 17.0 Å². The Balaban J connectivity index is 1.62. The van der Waals surface area contributed by atoms with Crippen LogP contribution < -0.4 is 4.74 Å². The van der Waals surface area contributed by atoms with Gasteiger partial charge in [0.25, 0.3) is 5.69 Å². The van der Waals surface area contributed by atoms with Gasteiger partial charge in [-0.3, -0.25) is 10.1 Å². The third kappa shape index (κ3) is 3.35. The molecule has 4 rings (SSSR count). The summed E-state index contributed by atoms with van der Waals surface area (Å²) in [6.07, 6.45) is 7.40. The summed E-state index contributed by atoms with van der Waals surface area (Å²) in [6.45, 7) is 1.93. The highest BCUT2D eigenvalue weighted by Crippen LogP contribution is 2.26. The molecule has 0 aliphatic rings. The van der Waals surface area contributed by atoms with E-state index < -0.39 is 4.92 Å². The smallest absolute Gasteiger partial charge is 0.271 e. The standard InChI is InChI=1S/C20H17N5O3/c1-13-11-24(12-21-13)18-7-3-14(9-19(18)28-2)4-8-20-22-16-6-5-15(25(26)27)10-17(16)23-20/h3-12H,1-2H3,(H,22,23)/b8-4+. The van der Waals surface area contributed by atoms with Crippen LogP contribution in [0.4, 0.5) is 5.69 Å². The molecule has 2 aromatic heterocycles. The first-order valence-corrected chi connectivity index (χ1v) is 8.55. The molecular formula is C20H17N5O3. The second-order valence-corrected chi connectivity index (χ2v) is 6.27. The fourth-order valence-electron chi connectivity index (χ4n) is 2.95. The van der Waals surface area contributed by atoms with Crippen LogP contribution in [0.2, 0.25) is 0 Å². The minimum Gasteiger partial charge on any atom is -0.495 e. The Hall–Kier alpha value is -3.94. The van der Waals surface area contributed by atoms with Gasteiger partial charge in [0.05, 0.1) is 40.8 Å². The Morgan fingerprint density at radius 1 is 1.21 bits per heavy atom. The second-order valence-electron chi connectivity index (χ2n) is 6.27. The third-order valence-electron chi connectivity index (χ3n) is 4.32. The molecule has 8 heteroatoms. The molecule has 0 fully saturated rings. The van der Waals surface area contributed by atoms with Gasteiger partial charge in [0.2, 0.25) is 0 Å². The number of nitrogens with zero attached hydrogens (tertiary/aromatic N) is 4. The first-order valence-electron chi connectivity index (χ1n) is 8.55. The van der Waals surface area contributed by atoms with Gasteiger partial charge in [-0.25, -0.2) is 9.97 Å². The molecule has 0 radical (unpaired) electrons. The van der Waals surface area contributed by atoms with E-state index >= 15 is 0 Å². The quantitative estimate of drug-likeness (QED) is 0.417. The molecule has 1 N–H and O–H groups in total. The number of hydrogen-bond donors (Lipinski definition) is 1. The first-order chi connectivity index (χ1) is 13.5. The highest BCUT2D eigenvalue weighted by Gasteiger charge is 2.09. The highest BCUT2D eigenvalue weighted by atomic mass is 16.6. The van der Waals surface area contributed by atoms with Crippen LogP contribution in [0.15, 0.2) is 48.9 Å². The van der Waals surface area contributed by atoms with E-state index in [0.717, 1.165) is 22.7 Å². The summed E-state index contributed by atoms with van der Waals surface area (Å²) < 4.78 is 7.43. The number of fused-ring (bicyclic) bond motifs is 1. The van der Waals surface area contributed by atoms with Crippen molar-refractivity contribution in [3.63, 3.8) is 0 Å². The van der Waals surface area contributed by atoms with Crippen LogP contribution in [0.1, 0.15) is 17.1 Å². The molecule has 4 aromatic rings. The van der Waals surface area contributed by atoms with Crippen LogP contribution >= 0.6 is 0 Å². The fourth-order valence-corrected chi connectivity index (χ4v) is 2.95. The monoisotopic (exact) mass is 375 g/mol.